The van der Waals surface area contributed by atoms with E-state index in [4.69, 9.17) is 9.52 Å². The van der Waals surface area contributed by atoms with E-state index in [1.54, 1.807) is 34.7 Å². The number of nitrogens with zero attached hydrogens (tertiary/aromatic N) is 2. The molecule has 2 rings (SSSR count). The third-order valence-electron chi connectivity index (χ3n) is 2.60. The third-order valence-corrected chi connectivity index (χ3v) is 3.87. The number of aryl methyl sites for hydroxylation is 1. The molecule has 1 unspecified atom stereocenters. The second-order valence-corrected chi connectivity index (χ2v) is 5.36. The van der Waals surface area contributed by atoms with E-state index in [0.717, 1.165) is 11.5 Å². The highest BCUT2D eigenvalue weighted by Crippen LogP contribution is 2.11. The first-order valence-electron chi connectivity index (χ1n) is 5.85. The maximum atomic E-state index is 11.6. The Labute approximate surface area is 109 Å². The second kappa shape index (κ2) is 6.06. The molecule has 0 aliphatic heterocycles. The Morgan fingerprint density at radius 2 is 2.44 bits per heavy atom. The normalized spacial score (nSPS) is 13.0. The van der Waals surface area contributed by atoms with Gasteiger partial charge in [0.1, 0.15) is 0 Å². The number of hydrogen-bond donors (Lipinski definition) is 1. The van der Waals surface area contributed by atoms with Gasteiger partial charge in [-0.05, 0) is 23.8 Å². The van der Waals surface area contributed by atoms with Crippen LogP contribution in [-0.2, 0) is 6.54 Å². The molecule has 1 atom stereocenters. The molecule has 1 N–H and O–H groups in total. The third kappa shape index (κ3) is 2.94. The summed E-state index contributed by atoms with van der Waals surface area (Å²) in [5.41, 5.74) is 1.12. The molecular formula is C12H16N2O3S. The van der Waals surface area contributed by atoms with Crippen LogP contribution >= 0.6 is 11.8 Å². The van der Waals surface area contributed by atoms with Crippen LogP contribution in [0, 0.1) is 5.92 Å². The molecule has 0 radical (unpaired) electrons. The number of fused-ring (bicyclic) bond motifs is 1. The van der Waals surface area contributed by atoms with Gasteiger partial charge in [-0.15, -0.1) is 0 Å². The first kappa shape index (κ1) is 13.2. The Hall–Kier alpha value is -1.27. The zero-order chi connectivity index (χ0) is 13.0. The highest BCUT2D eigenvalue weighted by atomic mass is 32.2. The van der Waals surface area contributed by atoms with E-state index in [9.17, 15) is 4.79 Å². The number of rotatable bonds is 6. The van der Waals surface area contributed by atoms with Crippen molar-refractivity contribution in [1.29, 1.82) is 0 Å². The van der Waals surface area contributed by atoms with E-state index in [0.29, 0.717) is 17.8 Å². The zero-order valence-electron chi connectivity index (χ0n) is 10.2. The number of aliphatic hydroxyl groups excluding tert-OH is 1. The molecule has 2 heterocycles. The molecule has 2 aromatic rings. The summed E-state index contributed by atoms with van der Waals surface area (Å²) >= 11 is 1.71. The SMILES string of the molecule is CC(CO)CSCCn1c(=O)oc2cccnc21. The average molecular weight is 268 g/mol. The topological polar surface area (TPSA) is 68.3 Å². The van der Waals surface area contributed by atoms with Crippen LogP contribution in [0.2, 0.25) is 0 Å². The smallest absolute Gasteiger partial charge is 0.406 e. The van der Waals surface area contributed by atoms with E-state index in [2.05, 4.69) is 4.98 Å². The van der Waals surface area contributed by atoms with Crippen molar-refractivity contribution in [2.24, 2.45) is 5.92 Å². The summed E-state index contributed by atoms with van der Waals surface area (Å²) in [7, 11) is 0. The van der Waals surface area contributed by atoms with Crippen molar-refractivity contribution >= 4 is 23.0 Å². The van der Waals surface area contributed by atoms with E-state index < -0.39 is 0 Å². The van der Waals surface area contributed by atoms with E-state index >= 15 is 0 Å². The van der Waals surface area contributed by atoms with Gasteiger partial charge < -0.3 is 9.52 Å². The Morgan fingerprint density at radius 3 is 3.22 bits per heavy atom. The standard InChI is InChI=1S/C12H16N2O3S/c1-9(7-15)8-18-6-5-14-11-10(17-12(14)16)3-2-4-13-11/h2-4,9,15H,5-8H2,1H3. The van der Waals surface area contributed by atoms with Gasteiger partial charge in [-0.2, -0.15) is 11.8 Å². The molecule has 0 bridgehead atoms. The Balaban J connectivity index is 1.99. The van der Waals surface area contributed by atoms with Crippen molar-refractivity contribution in [3.8, 4) is 0 Å². The molecule has 98 valence electrons. The Morgan fingerprint density at radius 1 is 1.61 bits per heavy atom. The van der Waals surface area contributed by atoms with Crippen LogP contribution in [0.25, 0.3) is 11.2 Å². The van der Waals surface area contributed by atoms with Gasteiger partial charge in [0.05, 0.1) is 0 Å². The molecule has 18 heavy (non-hydrogen) atoms. The highest BCUT2D eigenvalue weighted by Gasteiger charge is 2.09. The summed E-state index contributed by atoms with van der Waals surface area (Å²) in [6.07, 6.45) is 1.65. The maximum absolute atomic E-state index is 11.6. The lowest BCUT2D eigenvalue weighted by molar-refractivity contribution is 0.250. The summed E-state index contributed by atoms with van der Waals surface area (Å²) in [6.45, 7) is 2.77. The average Bonchev–Trinajstić information content (AvgIpc) is 2.70. The fourth-order valence-corrected chi connectivity index (χ4v) is 2.58. The summed E-state index contributed by atoms with van der Waals surface area (Å²) in [6, 6.07) is 3.48. The Kier molecular flexibility index (Phi) is 4.43. The van der Waals surface area contributed by atoms with Crippen LogP contribution in [0.5, 0.6) is 0 Å². The molecule has 0 aliphatic carbocycles. The molecule has 0 spiro atoms. The van der Waals surface area contributed by atoms with Crippen molar-refractivity contribution in [1.82, 2.24) is 9.55 Å². The van der Waals surface area contributed by atoms with Gasteiger partial charge in [0, 0.05) is 25.1 Å². The summed E-state index contributed by atoms with van der Waals surface area (Å²) in [5.74, 6) is 1.61. The molecule has 0 amide bonds. The molecule has 0 saturated heterocycles. The predicted molar refractivity (Wildman–Crippen MR) is 71.8 cm³/mol. The van der Waals surface area contributed by atoms with Gasteiger partial charge in [0.2, 0.25) is 0 Å². The number of hydrogen-bond acceptors (Lipinski definition) is 5. The fourth-order valence-electron chi connectivity index (χ4n) is 1.59. The van der Waals surface area contributed by atoms with Crippen molar-refractivity contribution in [3.63, 3.8) is 0 Å². The van der Waals surface area contributed by atoms with Crippen LogP contribution < -0.4 is 5.76 Å². The molecule has 0 saturated carbocycles. The van der Waals surface area contributed by atoms with Crippen LogP contribution in [0.4, 0.5) is 0 Å². The van der Waals surface area contributed by atoms with Gasteiger partial charge in [0.25, 0.3) is 0 Å². The minimum Gasteiger partial charge on any atom is -0.406 e. The van der Waals surface area contributed by atoms with Crippen LogP contribution in [0.1, 0.15) is 6.92 Å². The summed E-state index contributed by atoms with van der Waals surface area (Å²) in [4.78, 5) is 15.8. The lowest BCUT2D eigenvalue weighted by Crippen LogP contribution is -2.16. The van der Waals surface area contributed by atoms with Crippen LogP contribution in [-0.4, -0.2) is 32.8 Å². The number of thioether (sulfide) groups is 1. The van der Waals surface area contributed by atoms with E-state index in [1.807, 2.05) is 6.92 Å². The molecule has 0 aliphatic rings. The summed E-state index contributed by atoms with van der Waals surface area (Å²) < 4.78 is 6.64. The van der Waals surface area contributed by atoms with Crippen molar-refractivity contribution < 1.29 is 9.52 Å². The van der Waals surface area contributed by atoms with Crippen molar-refractivity contribution in [2.75, 3.05) is 18.1 Å². The monoisotopic (exact) mass is 268 g/mol. The van der Waals surface area contributed by atoms with Crippen LogP contribution in [0.15, 0.2) is 27.5 Å². The summed E-state index contributed by atoms with van der Waals surface area (Å²) in [5, 5.41) is 8.91. The van der Waals surface area contributed by atoms with Gasteiger partial charge >= 0.3 is 5.76 Å². The van der Waals surface area contributed by atoms with Gasteiger partial charge in [0.15, 0.2) is 11.2 Å². The van der Waals surface area contributed by atoms with Gasteiger partial charge in [-0.1, -0.05) is 6.92 Å². The quantitative estimate of drug-likeness (QED) is 0.801. The minimum absolute atomic E-state index is 0.198. The molecule has 0 aromatic carbocycles. The first-order chi connectivity index (χ1) is 8.72. The van der Waals surface area contributed by atoms with Crippen molar-refractivity contribution in [2.45, 2.75) is 13.5 Å². The first-order valence-corrected chi connectivity index (χ1v) is 7.01. The number of oxazole rings is 1. The lowest BCUT2D eigenvalue weighted by atomic mass is 10.2. The minimum atomic E-state index is -0.362. The largest absolute Gasteiger partial charge is 0.421 e. The maximum Gasteiger partial charge on any atom is 0.421 e. The van der Waals surface area contributed by atoms with Gasteiger partial charge in [-0.25, -0.2) is 9.78 Å². The molecule has 6 heteroatoms. The van der Waals surface area contributed by atoms with E-state index in [-0.39, 0.29) is 18.3 Å². The number of aromatic nitrogens is 2. The van der Waals surface area contributed by atoms with Crippen LogP contribution in [0.3, 0.4) is 0 Å². The van der Waals surface area contributed by atoms with Gasteiger partial charge in [-0.3, -0.25) is 4.57 Å². The molecular weight excluding hydrogens is 252 g/mol. The number of aliphatic hydroxyl groups is 1. The van der Waals surface area contributed by atoms with E-state index in [1.165, 1.54) is 0 Å². The lowest BCUT2D eigenvalue weighted by Gasteiger charge is -2.06. The van der Waals surface area contributed by atoms with Crippen molar-refractivity contribution in [3.05, 3.63) is 28.9 Å². The number of pyridine rings is 1. The molecule has 5 nitrogen and oxygen atoms in total. The predicted octanol–water partition coefficient (Wildman–Crippen LogP) is 1.35. The second-order valence-electron chi connectivity index (χ2n) is 4.21. The molecule has 2 aromatic heterocycles. The zero-order valence-corrected chi connectivity index (χ0v) is 11.0. The fraction of sp³-hybridized carbons (Fsp3) is 0.500. The highest BCUT2D eigenvalue weighted by molar-refractivity contribution is 7.99. The molecule has 0 fully saturated rings. The Bertz CT molecular complexity index is 564.